The number of pyridine rings is 1. The van der Waals surface area contributed by atoms with Crippen molar-refractivity contribution in [2.24, 2.45) is 5.73 Å². The lowest BCUT2D eigenvalue weighted by atomic mass is 10.1. The molecule has 0 aromatic carbocycles. The number of furan rings is 1. The van der Waals surface area contributed by atoms with E-state index >= 15 is 0 Å². The van der Waals surface area contributed by atoms with Crippen LogP contribution in [-0.4, -0.2) is 23.5 Å². The third kappa shape index (κ3) is 2.93. The fourth-order valence-electron chi connectivity index (χ4n) is 1.92. The molecule has 2 rings (SSSR count). The van der Waals surface area contributed by atoms with Crippen molar-refractivity contribution in [2.45, 2.75) is 12.6 Å². The standard InChI is InChI=1S/C13H17N3O/c1-16(9-11-4-6-17-10-11)13(7-14)12-3-2-5-15-8-12/h2-6,8,10,13H,7,9,14H2,1H3. The van der Waals surface area contributed by atoms with Crippen molar-refractivity contribution >= 4 is 0 Å². The Kier molecular flexibility index (Phi) is 3.90. The first-order valence-electron chi connectivity index (χ1n) is 5.62. The maximum atomic E-state index is 5.84. The number of nitrogens with two attached hydrogens (primary N) is 1. The zero-order valence-electron chi connectivity index (χ0n) is 9.91. The highest BCUT2D eigenvalue weighted by Gasteiger charge is 2.15. The van der Waals surface area contributed by atoms with Gasteiger partial charge in [0.15, 0.2) is 0 Å². The summed E-state index contributed by atoms with van der Waals surface area (Å²) < 4.78 is 5.06. The Bertz CT molecular complexity index is 427. The molecular weight excluding hydrogens is 214 g/mol. The molecular formula is C13H17N3O. The lowest BCUT2D eigenvalue weighted by molar-refractivity contribution is 0.241. The average molecular weight is 231 g/mol. The highest BCUT2D eigenvalue weighted by Crippen LogP contribution is 2.19. The Morgan fingerprint density at radius 3 is 2.94 bits per heavy atom. The first kappa shape index (κ1) is 11.8. The summed E-state index contributed by atoms with van der Waals surface area (Å²) in [7, 11) is 2.05. The summed E-state index contributed by atoms with van der Waals surface area (Å²) in [6.07, 6.45) is 7.08. The minimum Gasteiger partial charge on any atom is -0.472 e. The smallest absolute Gasteiger partial charge is 0.0947 e. The van der Waals surface area contributed by atoms with Crippen LogP contribution >= 0.6 is 0 Å². The van der Waals surface area contributed by atoms with Gasteiger partial charge in [-0.25, -0.2) is 0 Å². The normalized spacial score (nSPS) is 12.9. The van der Waals surface area contributed by atoms with E-state index in [4.69, 9.17) is 10.2 Å². The summed E-state index contributed by atoms with van der Waals surface area (Å²) in [5, 5.41) is 0. The van der Waals surface area contributed by atoms with Crippen LogP contribution in [0.3, 0.4) is 0 Å². The maximum absolute atomic E-state index is 5.84. The maximum Gasteiger partial charge on any atom is 0.0947 e. The van der Waals surface area contributed by atoms with Crippen molar-refractivity contribution in [3.8, 4) is 0 Å². The van der Waals surface area contributed by atoms with Gasteiger partial charge in [0.2, 0.25) is 0 Å². The summed E-state index contributed by atoms with van der Waals surface area (Å²) in [5.74, 6) is 0. The van der Waals surface area contributed by atoms with Gasteiger partial charge in [-0.2, -0.15) is 0 Å². The summed E-state index contributed by atoms with van der Waals surface area (Å²) in [4.78, 5) is 6.33. The topological polar surface area (TPSA) is 55.3 Å². The molecule has 90 valence electrons. The van der Waals surface area contributed by atoms with Gasteiger partial charge in [-0.15, -0.1) is 0 Å². The van der Waals surface area contributed by atoms with E-state index in [1.54, 1.807) is 18.7 Å². The molecule has 0 aliphatic carbocycles. The largest absolute Gasteiger partial charge is 0.472 e. The highest BCUT2D eigenvalue weighted by molar-refractivity contribution is 5.15. The van der Waals surface area contributed by atoms with E-state index < -0.39 is 0 Å². The number of likely N-dealkylation sites (N-methyl/N-ethyl adjacent to an activating group) is 1. The lowest BCUT2D eigenvalue weighted by Gasteiger charge is -2.26. The van der Waals surface area contributed by atoms with Gasteiger partial charge in [0, 0.05) is 37.1 Å². The molecule has 1 unspecified atom stereocenters. The third-order valence-electron chi connectivity index (χ3n) is 2.84. The predicted molar refractivity (Wildman–Crippen MR) is 66.2 cm³/mol. The summed E-state index contributed by atoms with van der Waals surface area (Å²) in [6, 6.07) is 6.13. The molecule has 17 heavy (non-hydrogen) atoms. The summed E-state index contributed by atoms with van der Waals surface area (Å²) >= 11 is 0. The Hall–Kier alpha value is -1.65. The fourth-order valence-corrected chi connectivity index (χ4v) is 1.92. The molecule has 0 spiro atoms. The van der Waals surface area contributed by atoms with Gasteiger partial charge >= 0.3 is 0 Å². The van der Waals surface area contributed by atoms with Crippen LogP contribution < -0.4 is 5.73 Å². The van der Waals surface area contributed by atoms with E-state index in [0.717, 1.165) is 17.7 Å². The van der Waals surface area contributed by atoms with E-state index in [1.807, 2.05) is 18.3 Å². The molecule has 0 aliphatic heterocycles. The molecule has 0 saturated carbocycles. The monoisotopic (exact) mass is 231 g/mol. The Morgan fingerprint density at radius 1 is 1.47 bits per heavy atom. The molecule has 2 aromatic rings. The molecule has 0 bridgehead atoms. The SMILES string of the molecule is CN(Cc1ccoc1)C(CN)c1cccnc1. The van der Waals surface area contributed by atoms with Crippen LogP contribution in [0, 0.1) is 0 Å². The van der Waals surface area contributed by atoms with Gasteiger partial charge in [0.05, 0.1) is 12.5 Å². The van der Waals surface area contributed by atoms with Crippen LogP contribution in [0.2, 0.25) is 0 Å². The minimum absolute atomic E-state index is 0.179. The molecule has 0 amide bonds. The van der Waals surface area contributed by atoms with E-state index in [0.29, 0.717) is 6.54 Å². The Balaban J connectivity index is 2.08. The predicted octanol–water partition coefficient (Wildman–Crippen LogP) is 1.81. The van der Waals surface area contributed by atoms with Gasteiger partial charge in [0.25, 0.3) is 0 Å². The van der Waals surface area contributed by atoms with Gasteiger partial charge < -0.3 is 10.2 Å². The number of hydrogen-bond donors (Lipinski definition) is 1. The van der Waals surface area contributed by atoms with Crippen LogP contribution in [0.15, 0.2) is 47.5 Å². The van der Waals surface area contributed by atoms with E-state index in [2.05, 4.69) is 23.0 Å². The van der Waals surface area contributed by atoms with Gasteiger partial charge in [-0.3, -0.25) is 9.88 Å². The molecule has 1 atom stereocenters. The molecule has 2 heterocycles. The summed E-state index contributed by atoms with van der Waals surface area (Å²) in [6.45, 7) is 1.38. The van der Waals surface area contributed by atoms with Crippen LogP contribution in [0.25, 0.3) is 0 Å². The van der Waals surface area contributed by atoms with Crippen molar-refractivity contribution in [1.29, 1.82) is 0 Å². The molecule has 4 nitrogen and oxygen atoms in total. The van der Waals surface area contributed by atoms with Crippen LogP contribution in [-0.2, 0) is 6.54 Å². The zero-order valence-corrected chi connectivity index (χ0v) is 9.91. The second-order valence-corrected chi connectivity index (χ2v) is 4.08. The van der Waals surface area contributed by atoms with Crippen molar-refractivity contribution in [1.82, 2.24) is 9.88 Å². The Labute approximate surface area is 101 Å². The molecule has 2 N–H and O–H groups in total. The van der Waals surface area contributed by atoms with E-state index in [-0.39, 0.29) is 6.04 Å². The Morgan fingerprint density at radius 2 is 2.35 bits per heavy atom. The fraction of sp³-hybridized carbons (Fsp3) is 0.308. The molecule has 4 heteroatoms. The van der Waals surface area contributed by atoms with E-state index in [9.17, 15) is 0 Å². The lowest BCUT2D eigenvalue weighted by Crippen LogP contribution is -2.30. The third-order valence-corrected chi connectivity index (χ3v) is 2.84. The molecule has 0 fully saturated rings. The van der Waals surface area contributed by atoms with Gasteiger partial charge in [0.1, 0.15) is 0 Å². The van der Waals surface area contributed by atoms with Crippen molar-refractivity contribution in [3.63, 3.8) is 0 Å². The minimum atomic E-state index is 0.179. The number of aromatic nitrogens is 1. The molecule has 0 saturated heterocycles. The average Bonchev–Trinajstić information content (AvgIpc) is 2.84. The van der Waals surface area contributed by atoms with Gasteiger partial charge in [-0.05, 0) is 24.7 Å². The second kappa shape index (κ2) is 5.61. The number of nitrogens with zero attached hydrogens (tertiary/aromatic N) is 2. The van der Waals surface area contributed by atoms with Crippen molar-refractivity contribution in [2.75, 3.05) is 13.6 Å². The molecule has 0 aliphatic rings. The second-order valence-electron chi connectivity index (χ2n) is 4.08. The van der Waals surface area contributed by atoms with E-state index in [1.165, 1.54) is 0 Å². The van der Waals surface area contributed by atoms with Crippen molar-refractivity contribution in [3.05, 3.63) is 54.2 Å². The summed E-state index contributed by atoms with van der Waals surface area (Å²) in [5.41, 5.74) is 8.13. The number of hydrogen-bond acceptors (Lipinski definition) is 4. The van der Waals surface area contributed by atoms with Gasteiger partial charge in [-0.1, -0.05) is 6.07 Å². The molecule has 2 aromatic heterocycles. The van der Waals surface area contributed by atoms with Crippen molar-refractivity contribution < 1.29 is 4.42 Å². The number of rotatable bonds is 5. The highest BCUT2D eigenvalue weighted by atomic mass is 16.3. The van der Waals surface area contributed by atoms with Crippen LogP contribution in [0.1, 0.15) is 17.2 Å². The first-order valence-corrected chi connectivity index (χ1v) is 5.62. The van der Waals surface area contributed by atoms with Crippen LogP contribution in [0.4, 0.5) is 0 Å². The quantitative estimate of drug-likeness (QED) is 0.852. The van der Waals surface area contributed by atoms with Crippen LogP contribution in [0.5, 0.6) is 0 Å². The molecule has 0 radical (unpaired) electrons. The first-order chi connectivity index (χ1) is 8.31. The zero-order chi connectivity index (χ0) is 12.1.